The minimum atomic E-state index is -1.32. The van der Waals surface area contributed by atoms with E-state index >= 15 is 0 Å². The minimum Gasteiger partial charge on any atom is -0.478 e. The molecule has 0 aromatic heterocycles. The van der Waals surface area contributed by atoms with Gasteiger partial charge in [0.25, 0.3) is 0 Å². The lowest BCUT2D eigenvalue weighted by atomic mass is 9.98. The molecule has 1 aliphatic carbocycles. The monoisotopic (exact) mass is 403 g/mol. The molecule has 0 spiro atoms. The van der Waals surface area contributed by atoms with E-state index in [0.717, 1.165) is 28.3 Å². The Hall–Kier alpha value is -3.67. The fourth-order valence-electron chi connectivity index (χ4n) is 4.44. The maximum atomic E-state index is 14.1. The van der Waals surface area contributed by atoms with Crippen LogP contribution in [0, 0.1) is 5.82 Å². The topological polar surface area (TPSA) is 66.8 Å². The third-order valence-corrected chi connectivity index (χ3v) is 5.85. The summed E-state index contributed by atoms with van der Waals surface area (Å²) < 4.78 is 19.8. The Morgan fingerprint density at radius 3 is 2.30 bits per heavy atom. The molecule has 0 atom stereocenters. The molecule has 5 nitrogen and oxygen atoms in total. The zero-order chi connectivity index (χ0) is 20.8. The number of rotatable bonds is 3. The van der Waals surface area contributed by atoms with Crippen molar-refractivity contribution in [2.45, 2.75) is 12.3 Å². The average molecular weight is 403 g/mol. The summed E-state index contributed by atoms with van der Waals surface area (Å²) in [6.07, 6.45) is -0.0989. The van der Waals surface area contributed by atoms with Crippen molar-refractivity contribution < 1.29 is 23.8 Å². The van der Waals surface area contributed by atoms with Gasteiger partial charge in [0.2, 0.25) is 0 Å². The van der Waals surface area contributed by atoms with Gasteiger partial charge in [0.05, 0.1) is 11.3 Å². The van der Waals surface area contributed by atoms with Crippen LogP contribution in [-0.2, 0) is 11.2 Å². The number of hydrogen-bond acceptors (Lipinski definition) is 3. The molecule has 2 aliphatic rings. The van der Waals surface area contributed by atoms with E-state index in [2.05, 4.69) is 12.1 Å². The summed E-state index contributed by atoms with van der Waals surface area (Å²) in [7, 11) is 0. The van der Waals surface area contributed by atoms with Crippen molar-refractivity contribution in [3.63, 3.8) is 0 Å². The van der Waals surface area contributed by atoms with Gasteiger partial charge in [-0.3, -0.25) is 4.90 Å². The van der Waals surface area contributed by atoms with Crippen molar-refractivity contribution in [2.75, 3.05) is 18.1 Å². The molecule has 0 radical (unpaired) electrons. The summed E-state index contributed by atoms with van der Waals surface area (Å²) in [5.74, 6) is -2.25. The average Bonchev–Trinajstić information content (AvgIpc) is 3.30. The summed E-state index contributed by atoms with van der Waals surface area (Å²) in [5.41, 5.74) is 5.13. The van der Waals surface area contributed by atoms with Gasteiger partial charge in [0.1, 0.15) is 12.4 Å². The Kier molecular flexibility index (Phi) is 4.28. The first-order chi connectivity index (χ1) is 14.5. The molecule has 6 heteroatoms. The summed E-state index contributed by atoms with van der Waals surface area (Å²) in [4.78, 5) is 25.3. The van der Waals surface area contributed by atoms with E-state index in [9.17, 15) is 14.0 Å². The lowest BCUT2D eigenvalue weighted by Crippen LogP contribution is -2.31. The van der Waals surface area contributed by atoms with Gasteiger partial charge in [-0.25, -0.2) is 14.0 Å². The van der Waals surface area contributed by atoms with E-state index in [0.29, 0.717) is 24.2 Å². The van der Waals surface area contributed by atoms with Crippen molar-refractivity contribution >= 4 is 17.7 Å². The number of halogens is 1. The number of fused-ring (bicyclic) bond motifs is 4. The Labute approximate surface area is 172 Å². The van der Waals surface area contributed by atoms with Gasteiger partial charge in [-0.05, 0) is 46.4 Å². The molecule has 0 bridgehead atoms. The second kappa shape index (κ2) is 6.99. The van der Waals surface area contributed by atoms with Crippen LogP contribution in [0.15, 0.2) is 60.7 Å². The molecule has 1 amide bonds. The molecule has 0 saturated heterocycles. The smallest absolute Gasteiger partial charge is 0.414 e. The summed E-state index contributed by atoms with van der Waals surface area (Å²) in [6, 6.07) is 18.5. The molecular formula is C24H18FNO4. The molecule has 150 valence electrons. The summed E-state index contributed by atoms with van der Waals surface area (Å²) in [5, 5.41) is 9.09. The first-order valence-corrected chi connectivity index (χ1v) is 9.73. The minimum absolute atomic E-state index is 0.0606. The normalized spacial score (nSPS) is 14.2. The highest BCUT2D eigenvalue weighted by Gasteiger charge is 2.32. The molecule has 0 saturated carbocycles. The van der Waals surface area contributed by atoms with Crippen LogP contribution in [0.3, 0.4) is 0 Å². The van der Waals surface area contributed by atoms with E-state index in [-0.39, 0.29) is 18.1 Å². The summed E-state index contributed by atoms with van der Waals surface area (Å²) in [6.45, 7) is 0.503. The highest BCUT2D eigenvalue weighted by atomic mass is 19.1. The number of nitrogens with zero attached hydrogens (tertiary/aromatic N) is 1. The van der Waals surface area contributed by atoms with Crippen LogP contribution in [0.1, 0.15) is 33.0 Å². The van der Waals surface area contributed by atoms with Crippen LogP contribution in [0.25, 0.3) is 11.1 Å². The van der Waals surface area contributed by atoms with E-state index in [1.807, 2.05) is 36.4 Å². The SMILES string of the molecule is O=C(O)c1cc2c(cc1F)N(C(=O)OCC1c3ccccc3-c3ccccc31)CC2. The van der Waals surface area contributed by atoms with Crippen LogP contribution in [0.4, 0.5) is 14.9 Å². The molecule has 0 fully saturated rings. The number of carboxylic acids is 1. The highest BCUT2D eigenvalue weighted by molar-refractivity contribution is 5.93. The number of carbonyl (C=O) groups is 2. The molecule has 5 rings (SSSR count). The third-order valence-electron chi connectivity index (χ3n) is 5.85. The molecule has 1 N–H and O–H groups in total. The predicted molar refractivity (Wildman–Crippen MR) is 109 cm³/mol. The molecule has 1 aliphatic heterocycles. The van der Waals surface area contributed by atoms with Gasteiger partial charge in [0, 0.05) is 12.5 Å². The van der Waals surface area contributed by atoms with Crippen molar-refractivity contribution in [3.05, 3.63) is 88.7 Å². The second-order valence-corrected chi connectivity index (χ2v) is 7.47. The van der Waals surface area contributed by atoms with Crippen molar-refractivity contribution in [2.24, 2.45) is 0 Å². The zero-order valence-corrected chi connectivity index (χ0v) is 16.0. The Morgan fingerprint density at radius 1 is 1.03 bits per heavy atom. The number of ether oxygens (including phenoxy) is 1. The van der Waals surface area contributed by atoms with Gasteiger partial charge >= 0.3 is 12.1 Å². The standard InChI is InChI=1S/C24H18FNO4/c25-21-12-22-14(11-19(21)23(27)28)9-10-26(22)24(29)30-13-20-17-7-3-1-5-15(17)16-6-2-4-8-18(16)20/h1-8,11-12,20H,9-10,13H2,(H,27,28). The maximum Gasteiger partial charge on any atom is 0.414 e. The van der Waals surface area contributed by atoms with Crippen molar-refractivity contribution in [1.82, 2.24) is 0 Å². The maximum absolute atomic E-state index is 14.1. The lowest BCUT2D eigenvalue weighted by Gasteiger charge is -2.20. The predicted octanol–water partition coefficient (Wildman–Crippen LogP) is 4.84. The van der Waals surface area contributed by atoms with Crippen LogP contribution in [0.5, 0.6) is 0 Å². The largest absolute Gasteiger partial charge is 0.478 e. The second-order valence-electron chi connectivity index (χ2n) is 7.47. The number of anilines is 1. The first-order valence-electron chi connectivity index (χ1n) is 9.73. The molecule has 30 heavy (non-hydrogen) atoms. The quantitative estimate of drug-likeness (QED) is 0.680. The van der Waals surface area contributed by atoms with E-state index in [1.54, 1.807) is 0 Å². The molecular weight excluding hydrogens is 385 g/mol. The lowest BCUT2D eigenvalue weighted by molar-refractivity contribution is 0.0691. The Balaban J connectivity index is 1.37. The van der Waals surface area contributed by atoms with Gasteiger partial charge < -0.3 is 9.84 Å². The van der Waals surface area contributed by atoms with E-state index in [4.69, 9.17) is 9.84 Å². The van der Waals surface area contributed by atoms with Crippen molar-refractivity contribution in [3.8, 4) is 11.1 Å². The fraction of sp³-hybridized carbons (Fsp3) is 0.167. The fourth-order valence-corrected chi connectivity index (χ4v) is 4.44. The van der Waals surface area contributed by atoms with Crippen molar-refractivity contribution in [1.29, 1.82) is 0 Å². The zero-order valence-electron chi connectivity index (χ0n) is 16.0. The highest BCUT2D eigenvalue weighted by Crippen LogP contribution is 2.44. The number of hydrogen-bond donors (Lipinski definition) is 1. The number of aromatic carboxylic acids is 1. The molecule has 3 aromatic carbocycles. The van der Waals surface area contributed by atoms with Crippen LogP contribution >= 0.6 is 0 Å². The Bertz CT molecular complexity index is 1140. The molecule has 1 heterocycles. The first kappa shape index (κ1) is 18.4. The molecule has 0 unspecified atom stereocenters. The van der Waals surface area contributed by atoms with E-state index in [1.165, 1.54) is 11.0 Å². The van der Waals surface area contributed by atoms with Gasteiger partial charge in [-0.15, -0.1) is 0 Å². The molecule has 3 aromatic rings. The van der Waals surface area contributed by atoms with Crippen LogP contribution in [0.2, 0.25) is 0 Å². The van der Waals surface area contributed by atoms with E-state index < -0.39 is 17.9 Å². The number of carbonyl (C=O) groups excluding carboxylic acids is 1. The van der Waals surface area contributed by atoms with Gasteiger partial charge in [-0.1, -0.05) is 48.5 Å². The van der Waals surface area contributed by atoms with Crippen LogP contribution < -0.4 is 4.90 Å². The van der Waals surface area contributed by atoms with Crippen LogP contribution in [-0.4, -0.2) is 30.3 Å². The third kappa shape index (κ3) is 2.84. The number of benzene rings is 3. The van der Waals surface area contributed by atoms with Gasteiger partial charge in [-0.2, -0.15) is 0 Å². The summed E-state index contributed by atoms with van der Waals surface area (Å²) >= 11 is 0. The van der Waals surface area contributed by atoms with Gasteiger partial charge in [0.15, 0.2) is 0 Å². The number of carboxylic acid groups (broad SMARTS) is 1. The Morgan fingerprint density at radius 2 is 1.67 bits per heavy atom. The number of amides is 1.